The van der Waals surface area contributed by atoms with Crippen LogP contribution in [0.5, 0.6) is 0 Å². The molecule has 0 aliphatic carbocycles. The fourth-order valence-electron chi connectivity index (χ4n) is 2.58. The van der Waals surface area contributed by atoms with Crippen molar-refractivity contribution in [1.29, 1.82) is 0 Å². The van der Waals surface area contributed by atoms with Gasteiger partial charge in [-0.05, 0) is 12.1 Å². The summed E-state index contributed by atoms with van der Waals surface area (Å²) in [5.74, 6) is 1.25. The summed E-state index contributed by atoms with van der Waals surface area (Å²) in [7, 11) is 3.59. The molecule has 9 heteroatoms. The molecule has 0 aliphatic heterocycles. The molecular weight excluding hydrogens is 334 g/mol. The first-order chi connectivity index (χ1) is 12.5. The molecule has 3 rings (SSSR count). The first-order valence-electron chi connectivity index (χ1n) is 8.25. The second-order valence-electron chi connectivity index (χ2n) is 5.92. The van der Waals surface area contributed by atoms with Gasteiger partial charge in [0.05, 0.1) is 11.0 Å². The molecule has 3 aromatic rings. The van der Waals surface area contributed by atoms with Crippen molar-refractivity contribution >= 4 is 28.9 Å². The number of carbonyl (C=O) groups is 1. The molecule has 136 valence electrons. The van der Waals surface area contributed by atoms with Crippen LogP contribution in [0, 0.1) is 0 Å². The number of nitrogen functional groups attached to an aromatic ring is 1. The number of ether oxygens (including phenoxy) is 1. The number of hydrogen-bond donors (Lipinski definition) is 1. The van der Waals surface area contributed by atoms with Crippen LogP contribution < -0.4 is 10.6 Å². The standard InChI is InChI=1S/C17H21N7O2/c1-4-14-19-11-7-5-6-8-12(11)24(14)9-15(25)26-10-13-20-16(18)22-17(21-13)23(2)3/h5-8H,4,9-10H2,1-3H3,(H2,18,20,21,22). The van der Waals surface area contributed by atoms with Gasteiger partial charge in [-0.3, -0.25) is 4.79 Å². The van der Waals surface area contributed by atoms with Gasteiger partial charge in [-0.1, -0.05) is 19.1 Å². The molecule has 0 atom stereocenters. The summed E-state index contributed by atoms with van der Waals surface area (Å²) in [6.07, 6.45) is 0.720. The number of aryl methyl sites for hydroxylation is 1. The fourth-order valence-corrected chi connectivity index (χ4v) is 2.58. The molecule has 0 radical (unpaired) electrons. The average Bonchev–Trinajstić information content (AvgIpc) is 2.97. The molecule has 0 saturated carbocycles. The fraction of sp³-hybridized carbons (Fsp3) is 0.353. The minimum atomic E-state index is -0.395. The number of nitrogens with two attached hydrogens (primary N) is 1. The summed E-state index contributed by atoms with van der Waals surface area (Å²) in [6.45, 7) is 2.00. The van der Waals surface area contributed by atoms with Gasteiger partial charge in [-0.15, -0.1) is 0 Å². The van der Waals surface area contributed by atoms with E-state index in [9.17, 15) is 4.79 Å². The zero-order valence-corrected chi connectivity index (χ0v) is 15.0. The second kappa shape index (κ2) is 7.34. The first kappa shape index (κ1) is 17.6. The van der Waals surface area contributed by atoms with Crippen LogP contribution >= 0.6 is 0 Å². The van der Waals surface area contributed by atoms with Gasteiger partial charge in [0.1, 0.15) is 12.4 Å². The third-order valence-electron chi connectivity index (χ3n) is 3.79. The van der Waals surface area contributed by atoms with Crippen LogP contribution in [0.25, 0.3) is 11.0 Å². The predicted octanol–water partition coefficient (Wildman–Crippen LogP) is 1.18. The number of anilines is 2. The number of carbonyl (C=O) groups excluding carboxylic acids is 1. The molecule has 0 fully saturated rings. The molecular formula is C17H21N7O2. The van der Waals surface area contributed by atoms with E-state index in [0.29, 0.717) is 11.8 Å². The van der Waals surface area contributed by atoms with E-state index >= 15 is 0 Å². The van der Waals surface area contributed by atoms with Gasteiger partial charge in [0, 0.05) is 20.5 Å². The third kappa shape index (κ3) is 3.71. The number of hydrogen-bond acceptors (Lipinski definition) is 8. The molecule has 0 bridgehead atoms. The Hall–Kier alpha value is -3.23. The summed E-state index contributed by atoms with van der Waals surface area (Å²) in [4.78, 5) is 30.8. The molecule has 26 heavy (non-hydrogen) atoms. The number of esters is 1. The Bertz CT molecular complexity index is 936. The van der Waals surface area contributed by atoms with E-state index < -0.39 is 5.97 Å². The first-order valence-corrected chi connectivity index (χ1v) is 8.25. The van der Waals surface area contributed by atoms with Crippen molar-refractivity contribution in [1.82, 2.24) is 24.5 Å². The molecule has 2 N–H and O–H groups in total. The number of fused-ring (bicyclic) bond motifs is 1. The highest BCUT2D eigenvalue weighted by molar-refractivity contribution is 5.78. The maximum Gasteiger partial charge on any atom is 0.326 e. The second-order valence-corrected chi connectivity index (χ2v) is 5.92. The summed E-state index contributed by atoms with van der Waals surface area (Å²) >= 11 is 0. The predicted molar refractivity (Wildman–Crippen MR) is 97.5 cm³/mol. The molecule has 1 aromatic carbocycles. The van der Waals surface area contributed by atoms with Gasteiger partial charge < -0.3 is 19.9 Å². The Kier molecular flexibility index (Phi) is 4.97. The topological polar surface area (TPSA) is 112 Å². The lowest BCUT2D eigenvalue weighted by Gasteiger charge is -2.12. The molecule has 9 nitrogen and oxygen atoms in total. The third-order valence-corrected chi connectivity index (χ3v) is 3.79. The molecule has 2 aromatic heterocycles. The van der Waals surface area contributed by atoms with Gasteiger partial charge in [0.25, 0.3) is 0 Å². The van der Waals surface area contributed by atoms with Crippen molar-refractivity contribution in [2.45, 2.75) is 26.5 Å². The molecule has 0 unspecified atom stereocenters. The Labute approximate surface area is 150 Å². The highest BCUT2D eigenvalue weighted by Gasteiger charge is 2.14. The molecule has 0 saturated heterocycles. The lowest BCUT2D eigenvalue weighted by molar-refractivity contribution is -0.145. The van der Waals surface area contributed by atoms with Crippen molar-refractivity contribution in [2.24, 2.45) is 0 Å². The molecule has 0 spiro atoms. The van der Waals surface area contributed by atoms with Crippen LogP contribution in [0.1, 0.15) is 18.6 Å². The van der Waals surface area contributed by atoms with E-state index in [1.165, 1.54) is 0 Å². The van der Waals surface area contributed by atoms with E-state index in [4.69, 9.17) is 10.5 Å². The minimum Gasteiger partial charge on any atom is -0.456 e. The SMILES string of the molecule is CCc1nc2ccccc2n1CC(=O)OCc1nc(N)nc(N(C)C)n1. The number of rotatable bonds is 6. The van der Waals surface area contributed by atoms with Crippen LogP contribution in [0.3, 0.4) is 0 Å². The Balaban J connectivity index is 1.72. The van der Waals surface area contributed by atoms with E-state index in [0.717, 1.165) is 23.3 Å². The van der Waals surface area contributed by atoms with Crippen LogP contribution in [-0.2, 0) is 29.1 Å². The number of para-hydroxylation sites is 2. The van der Waals surface area contributed by atoms with E-state index in [1.807, 2.05) is 35.8 Å². The number of aromatic nitrogens is 5. The summed E-state index contributed by atoms with van der Waals surface area (Å²) in [5, 5.41) is 0. The van der Waals surface area contributed by atoms with E-state index in [1.54, 1.807) is 19.0 Å². The maximum atomic E-state index is 12.3. The van der Waals surface area contributed by atoms with Crippen LogP contribution in [0.15, 0.2) is 24.3 Å². The average molecular weight is 355 g/mol. The van der Waals surface area contributed by atoms with Crippen LogP contribution in [0.2, 0.25) is 0 Å². The quantitative estimate of drug-likeness (QED) is 0.656. The van der Waals surface area contributed by atoms with Gasteiger partial charge in [-0.25, -0.2) is 4.98 Å². The zero-order chi connectivity index (χ0) is 18.7. The monoisotopic (exact) mass is 355 g/mol. The van der Waals surface area contributed by atoms with Crippen molar-refractivity contribution in [3.63, 3.8) is 0 Å². The summed E-state index contributed by atoms with van der Waals surface area (Å²) in [6, 6.07) is 7.70. The van der Waals surface area contributed by atoms with Crippen molar-refractivity contribution in [2.75, 3.05) is 24.7 Å². The maximum absolute atomic E-state index is 12.3. The van der Waals surface area contributed by atoms with Gasteiger partial charge in [0.2, 0.25) is 11.9 Å². The van der Waals surface area contributed by atoms with Crippen molar-refractivity contribution in [3.8, 4) is 0 Å². The number of imidazole rings is 1. The lowest BCUT2D eigenvalue weighted by Crippen LogP contribution is -2.18. The van der Waals surface area contributed by atoms with Gasteiger partial charge in [0.15, 0.2) is 12.4 Å². The van der Waals surface area contributed by atoms with Crippen molar-refractivity contribution < 1.29 is 9.53 Å². The molecule has 2 heterocycles. The largest absolute Gasteiger partial charge is 0.456 e. The van der Waals surface area contributed by atoms with Gasteiger partial charge >= 0.3 is 5.97 Å². The number of benzene rings is 1. The molecule has 0 aliphatic rings. The normalized spacial score (nSPS) is 10.9. The number of nitrogens with zero attached hydrogens (tertiary/aromatic N) is 6. The lowest BCUT2D eigenvalue weighted by atomic mass is 10.3. The smallest absolute Gasteiger partial charge is 0.326 e. The molecule has 0 amide bonds. The Morgan fingerprint density at radius 3 is 2.69 bits per heavy atom. The highest BCUT2D eigenvalue weighted by atomic mass is 16.5. The summed E-state index contributed by atoms with van der Waals surface area (Å²) in [5.41, 5.74) is 7.43. The van der Waals surface area contributed by atoms with E-state index in [2.05, 4.69) is 19.9 Å². The van der Waals surface area contributed by atoms with Gasteiger partial charge in [-0.2, -0.15) is 15.0 Å². The Morgan fingerprint density at radius 2 is 1.96 bits per heavy atom. The van der Waals surface area contributed by atoms with Crippen LogP contribution in [0.4, 0.5) is 11.9 Å². The van der Waals surface area contributed by atoms with Crippen LogP contribution in [-0.4, -0.2) is 44.6 Å². The highest BCUT2D eigenvalue weighted by Crippen LogP contribution is 2.16. The zero-order valence-electron chi connectivity index (χ0n) is 15.0. The van der Waals surface area contributed by atoms with E-state index in [-0.39, 0.29) is 19.1 Å². The summed E-state index contributed by atoms with van der Waals surface area (Å²) < 4.78 is 7.19. The minimum absolute atomic E-state index is 0.0690. The van der Waals surface area contributed by atoms with Crippen molar-refractivity contribution in [3.05, 3.63) is 35.9 Å². The Morgan fingerprint density at radius 1 is 1.19 bits per heavy atom.